The molecule has 0 bridgehead atoms. The van der Waals surface area contributed by atoms with Crippen molar-refractivity contribution in [1.82, 2.24) is 0 Å². The lowest BCUT2D eigenvalue weighted by Crippen LogP contribution is -1.63. The Bertz CT molecular complexity index is 275. The molecular weight excluding hydrogens is 240 g/mol. The molecule has 0 nitrogen and oxygen atoms in total. The van der Waals surface area contributed by atoms with E-state index in [2.05, 4.69) is 29.1 Å². The first-order valence-corrected chi connectivity index (χ1v) is 5.45. The highest BCUT2D eigenvalue weighted by Crippen LogP contribution is 2.33. The van der Waals surface area contributed by atoms with E-state index in [9.17, 15) is 0 Å². The molecule has 3 heteroatoms. The Hall–Kier alpha value is 0.01000. The van der Waals surface area contributed by atoms with Gasteiger partial charge in [0, 0.05) is 9.78 Å². The van der Waals surface area contributed by atoms with Crippen LogP contribution in [0.2, 0.25) is 0 Å². The highest BCUT2D eigenvalue weighted by atomic mass is 79.9. The van der Waals surface area contributed by atoms with E-state index in [0.29, 0.717) is 0 Å². The quantitative estimate of drug-likeness (QED) is 0.764. The summed E-state index contributed by atoms with van der Waals surface area (Å²) in [6.07, 6.45) is 0. The highest BCUT2D eigenvalue weighted by molar-refractivity contribution is 9.11. The van der Waals surface area contributed by atoms with Crippen LogP contribution in [0.3, 0.4) is 0 Å². The zero-order chi connectivity index (χ0) is 8.27. The molecule has 0 radical (unpaired) electrons. The minimum atomic E-state index is 1.05. The Kier molecular flexibility index (Phi) is 3.43. The zero-order valence-corrected chi connectivity index (χ0v) is 9.06. The van der Waals surface area contributed by atoms with E-state index < -0.39 is 0 Å². The van der Waals surface area contributed by atoms with Crippen LogP contribution in [0, 0.1) is 0 Å². The fourth-order valence-corrected chi connectivity index (χ4v) is 2.53. The summed E-state index contributed by atoms with van der Waals surface area (Å²) in [7, 11) is 0. The molecule has 0 N–H and O–H groups in total. The van der Waals surface area contributed by atoms with Crippen LogP contribution in [-0.4, -0.2) is 0 Å². The topological polar surface area (TPSA) is 0 Å². The van der Waals surface area contributed by atoms with Crippen molar-refractivity contribution in [2.75, 3.05) is 0 Å². The van der Waals surface area contributed by atoms with Gasteiger partial charge in [-0.2, -0.15) is 0 Å². The van der Waals surface area contributed by atoms with E-state index in [0.717, 1.165) is 8.69 Å². The van der Waals surface area contributed by atoms with Crippen molar-refractivity contribution >= 4 is 43.9 Å². The molecule has 0 aliphatic carbocycles. The fraction of sp³-hybridized carbons (Fsp3) is 0. The lowest BCUT2D eigenvalue weighted by atomic mass is 10.5. The van der Waals surface area contributed by atoms with Crippen molar-refractivity contribution in [3.63, 3.8) is 0 Å². The summed E-state index contributed by atoms with van der Waals surface area (Å²) < 4.78 is 1.14. The average Bonchev–Trinajstić information content (AvgIpc) is 2.36. The van der Waals surface area contributed by atoms with Crippen molar-refractivity contribution in [2.45, 2.75) is 0 Å². The van der Waals surface area contributed by atoms with Gasteiger partial charge < -0.3 is 0 Å². The molecule has 58 valence electrons. The molecule has 0 unspecified atom stereocenters. The van der Waals surface area contributed by atoms with Gasteiger partial charge in [-0.15, -0.1) is 11.3 Å². The summed E-state index contributed by atoms with van der Waals surface area (Å²) in [5.74, 6) is 0. The normalized spacial score (nSPS) is 9.55. The van der Waals surface area contributed by atoms with Crippen LogP contribution in [0.4, 0.5) is 0 Å². The summed E-state index contributed by atoms with van der Waals surface area (Å²) in [5, 5.41) is 1.79. The number of thiophene rings is 1. The molecule has 0 saturated carbocycles. The van der Waals surface area contributed by atoms with Crippen molar-refractivity contribution < 1.29 is 0 Å². The van der Waals surface area contributed by atoms with Crippen LogP contribution in [-0.2, 0) is 0 Å². The van der Waals surface area contributed by atoms with Gasteiger partial charge in [0.2, 0.25) is 0 Å². The Morgan fingerprint density at radius 3 is 2.82 bits per heavy atom. The van der Waals surface area contributed by atoms with Gasteiger partial charge in [0.05, 0.1) is 3.79 Å². The second kappa shape index (κ2) is 4.14. The van der Waals surface area contributed by atoms with Gasteiger partial charge in [0.1, 0.15) is 0 Å². The van der Waals surface area contributed by atoms with Gasteiger partial charge in [0.15, 0.2) is 0 Å². The van der Waals surface area contributed by atoms with Gasteiger partial charge in [0.25, 0.3) is 0 Å². The Morgan fingerprint density at radius 2 is 2.36 bits per heavy atom. The molecule has 0 amide bonds. The van der Waals surface area contributed by atoms with Crippen molar-refractivity contribution in [3.8, 4) is 0 Å². The van der Waals surface area contributed by atoms with E-state index in [1.165, 1.54) is 4.88 Å². The molecule has 0 atom stereocenters. The van der Waals surface area contributed by atoms with Crippen molar-refractivity contribution in [1.29, 1.82) is 0 Å². The average molecular weight is 247 g/mol. The van der Waals surface area contributed by atoms with E-state index >= 15 is 0 Å². The number of rotatable bonds is 3. The standard InChI is InChI=1S/C8H7BrS2/c1-3-10-6(2)7-4-5-8(9)11-7/h3-5H,1-2H2. The molecular formula is C8H7BrS2. The number of hydrogen-bond donors (Lipinski definition) is 0. The first kappa shape index (κ1) is 9.10. The number of hydrogen-bond acceptors (Lipinski definition) is 2. The first-order valence-electron chi connectivity index (χ1n) is 2.96. The van der Waals surface area contributed by atoms with Crippen molar-refractivity contribution in [3.05, 3.63) is 39.4 Å². The van der Waals surface area contributed by atoms with Crippen LogP contribution in [0.5, 0.6) is 0 Å². The second-order valence-electron chi connectivity index (χ2n) is 1.81. The summed E-state index contributed by atoms with van der Waals surface area (Å²) in [4.78, 5) is 2.25. The molecule has 0 spiro atoms. The van der Waals surface area contributed by atoms with E-state index in [4.69, 9.17) is 0 Å². The first-order chi connectivity index (χ1) is 5.24. The molecule has 1 rings (SSSR count). The maximum atomic E-state index is 3.91. The van der Waals surface area contributed by atoms with Crippen molar-refractivity contribution in [2.24, 2.45) is 0 Å². The fourth-order valence-electron chi connectivity index (χ4n) is 0.623. The minimum Gasteiger partial charge on any atom is -0.128 e. The van der Waals surface area contributed by atoms with E-state index in [1.807, 2.05) is 12.1 Å². The second-order valence-corrected chi connectivity index (χ2v) is 5.34. The Balaban J connectivity index is 2.76. The minimum absolute atomic E-state index is 1.05. The van der Waals surface area contributed by atoms with Crippen LogP contribution in [0.25, 0.3) is 4.91 Å². The molecule has 11 heavy (non-hydrogen) atoms. The molecule has 0 aliphatic rings. The van der Waals surface area contributed by atoms with Gasteiger partial charge >= 0.3 is 0 Å². The van der Waals surface area contributed by atoms with Crippen LogP contribution in [0.15, 0.2) is 34.5 Å². The maximum Gasteiger partial charge on any atom is 0.0705 e. The van der Waals surface area contributed by atoms with Gasteiger partial charge in [-0.25, -0.2) is 0 Å². The monoisotopic (exact) mass is 246 g/mol. The molecule has 1 aromatic heterocycles. The predicted molar refractivity (Wildman–Crippen MR) is 58.8 cm³/mol. The molecule has 1 aromatic rings. The highest BCUT2D eigenvalue weighted by Gasteiger charge is 2.00. The third-order valence-electron chi connectivity index (χ3n) is 1.07. The lowest BCUT2D eigenvalue weighted by molar-refractivity contribution is 1.92. The van der Waals surface area contributed by atoms with Crippen LogP contribution < -0.4 is 0 Å². The summed E-state index contributed by atoms with van der Waals surface area (Å²) in [5.41, 5.74) is 0. The number of thioether (sulfide) groups is 1. The smallest absolute Gasteiger partial charge is 0.0705 e. The maximum absolute atomic E-state index is 3.91. The van der Waals surface area contributed by atoms with Crippen LogP contribution in [0.1, 0.15) is 4.88 Å². The third kappa shape index (κ3) is 2.51. The van der Waals surface area contributed by atoms with E-state index in [-0.39, 0.29) is 0 Å². The largest absolute Gasteiger partial charge is 0.128 e. The summed E-state index contributed by atoms with van der Waals surface area (Å²) in [6.45, 7) is 7.54. The van der Waals surface area contributed by atoms with Gasteiger partial charge in [-0.1, -0.05) is 24.9 Å². The van der Waals surface area contributed by atoms with Gasteiger partial charge in [-0.3, -0.25) is 0 Å². The Labute approximate surface area is 83.1 Å². The number of halogens is 1. The summed E-state index contributed by atoms with van der Waals surface area (Å²) >= 11 is 6.63. The lowest BCUT2D eigenvalue weighted by Gasteiger charge is -1.94. The van der Waals surface area contributed by atoms with E-state index in [1.54, 1.807) is 28.5 Å². The Morgan fingerprint density at radius 1 is 1.64 bits per heavy atom. The van der Waals surface area contributed by atoms with Gasteiger partial charge in [-0.05, 0) is 33.5 Å². The molecule has 0 saturated heterocycles. The molecule has 0 aliphatic heterocycles. The van der Waals surface area contributed by atoms with Crippen LogP contribution >= 0.6 is 39.0 Å². The molecule has 0 aromatic carbocycles. The zero-order valence-electron chi connectivity index (χ0n) is 5.84. The predicted octanol–water partition coefficient (Wildman–Crippen LogP) is 4.36. The third-order valence-corrected chi connectivity index (χ3v) is 3.56. The molecule has 0 fully saturated rings. The SMILES string of the molecule is C=CSC(=C)c1ccc(Br)s1. The molecule has 1 heterocycles. The summed E-state index contributed by atoms with van der Waals surface area (Å²) in [6, 6.07) is 4.07.